The van der Waals surface area contributed by atoms with E-state index in [9.17, 15) is 0 Å². The van der Waals surface area contributed by atoms with E-state index in [1.807, 2.05) is 0 Å². The minimum Gasteiger partial charge on any atom is -0.310 e. The Hall–Kier alpha value is -8.00. The summed E-state index contributed by atoms with van der Waals surface area (Å²) in [6.07, 6.45) is 6.21. The number of anilines is 3. The molecule has 10 aromatic rings. The first-order chi connectivity index (χ1) is 35.0. The summed E-state index contributed by atoms with van der Waals surface area (Å²) in [6, 6.07) is 85.9. The van der Waals surface area contributed by atoms with Crippen LogP contribution < -0.4 is 4.90 Å². The van der Waals surface area contributed by atoms with E-state index in [0.717, 1.165) is 5.69 Å². The molecule has 0 saturated heterocycles. The standard InChI is InChI=1S/C70H53N/c1-68(2)58-29-11-6-25-53(58)56-28-18-27-55(67(56)68)49-21-5-4-20-48(49)45-36-38-46(39-37-45)71(47-40-41-54-50-22-7-12-30-59(50)69(64(54)44-47)42-16-3-17-43-69)65-35-19-34-63-66(65)57-26-10-15-33-62(57)70(63)60-31-13-8-23-51(60)52-24-9-14-32-61(52)70/h4-15,18-41,44H,3,16-17,42-43H2,1-2H3. The van der Waals surface area contributed by atoms with E-state index in [4.69, 9.17) is 0 Å². The number of hydrogen-bond donors (Lipinski definition) is 0. The van der Waals surface area contributed by atoms with Crippen LogP contribution in [-0.4, -0.2) is 0 Å². The van der Waals surface area contributed by atoms with Crippen molar-refractivity contribution in [3.8, 4) is 66.8 Å². The van der Waals surface area contributed by atoms with Gasteiger partial charge in [-0.3, -0.25) is 0 Å². The predicted octanol–water partition coefficient (Wildman–Crippen LogP) is 18.4. The maximum atomic E-state index is 2.60. The smallest absolute Gasteiger partial charge is 0.0726 e. The quantitative estimate of drug-likeness (QED) is 0.166. The molecule has 1 heteroatoms. The van der Waals surface area contributed by atoms with Crippen molar-refractivity contribution in [3.63, 3.8) is 0 Å². The Bertz CT molecular complexity index is 3790. The number of benzene rings is 10. The first kappa shape index (κ1) is 40.8. The molecule has 1 saturated carbocycles. The minimum atomic E-state index is -0.437. The highest BCUT2D eigenvalue weighted by molar-refractivity contribution is 6.02. The van der Waals surface area contributed by atoms with Crippen LogP contribution in [0.25, 0.3) is 66.8 Å². The summed E-state index contributed by atoms with van der Waals surface area (Å²) in [7, 11) is 0. The molecule has 0 heterocycles. The molecule has 1 fully saturated rings. The van der Waals surface area contributed by atoms with Gasteiger partial charge in [0.2, 0.25) is 0 Å². The fourth-order valence-electron chi connectivity index (χ4n) is 14.8. The first-order valence-electron chi connectivity index (χ1n) is 25.9. The number of hydrogen-bond acceptors (Lipinski definition) is 1. The van der Waals surface area contributed by atoms with E-state index < -0.39 is 5.41 Å². The van der Waals surface area contributed by atoms with Crippen molar-refractivity contribution in [1.29, 1.82) is 0 Å². The Balaban J connectivity index is 0.940. The highest BCUT2D eigenvalue weighted by Gasteiger charge is 2.52. The molecule has 10 aromatic carbocycles. The van der Waals surface area contributed by atoms with Gasteiger partial charge in [-0.15, -0.1) is 0 Å². The topological polar surface area (TPSA) is 3.24 Å². The third-order valence-corrected chi connectivity index (χ3v) is 17.7. The van der Waals surface area contributed by atoms with Crippen LogP contribution in [0.15, 0.2) is 224 Å². The molecule has 1 nitrogen and oxygen atoms in total. The largest absolute Gasteiger partial charge is 0.310 e. The van der Waals surface area contributed by atoms with E-state index in [0.29, 0.717) is 0 Å². The van der Waals surface area contributed by atoms with Crippen LogP contribution in [0.4, 0.5) is 17.1 Å². The molecule has 0 radical (unpaired) electrons. The predicted molar refractivity (Wildman–Crippen MR) is 295 cm³/mol. The molecule has 2 spiro atoms. The zero-order chi connectivity index (χ0) is 47.1. The Morgan fingerprint density at radius 1 is 0.324 bits per heavy atom. The van der Waals surface area contributed by atoms with Crippen molar-refractivity contribution in [1.82, 2.24) is 0 Å². The third kappa shape index (κ3) is 5.42. The molecule has 0 atom stereocenters. The molecule has 0 aliphatic heterocycles. The van der Waals surface area contributed by atoms with Gasteiger partial charge in [0, 0.05) is 27.8 Å². The molecular weight excluding hydrogens is 855 g/mol. The summed E-state index contributed by atoms with van der Waals surface area (Å²) < 4.78 is 0. The Morgan fingerprint density at radius 3 is 1.44 bits per heavy atom. The first-order valence-corrected chi connectivity index (χ1v) is 25.9. The van der Waals surface area contributed by atoms with Gasteiger partial charge in [-0.25, -0.2) is 0 Å². The van der Waals surface area contributed by atoms with Crippen LogP contribution in [0.1, 0.15) is 90.5 Å². The normalized spacial score (nSPS) is 16.1. The maximum Gasteiger partial charge on any atom is 0.0726 e. The lowest BCUT2D eigenvalue weighted by molar-refractivity contribution is 0.353. The number of rotatable bonds is 5. The summed E-state index contributed by atoms with van der Waals surface area (Å²) in [5, 5.41) is 0. The zero-order valence-corrected chi connectivity index (χ0v) is 40.3. The minimum absolute atomic E-state index is 0.0273. The fraction of sp³-hybridized carbons (Fsp3) is 0.143. The number of fused-ring (bicyclic) bond motifs is 18. The molecule has 0 amide bonds. The zero-order valence-electron chi connectivity index (χ0n) is 40.3. The SMILES string of the molecule is CC1(C)c2ccccc2-c2cccc(-c3ccccc3-c3ccc(N(c4ccc5c(c4)C4(CCCCC4)c4ccccc4-5)c4cccc5c4-c4ccccc4C54c5ccccc5-c5ccccc54)cc3)c21. The van der Waals surface area contributed by atoms with Crippen molar-refractivity contribution < 1.29 is 0 Å². The molecule has 71 heavy (non-hydrogen) atoms. The van der Waals surface area contributed by atoms with Crippen molar-refractivity contribution in [2.45, 2.75) is 62.2 Å². The lowest BCUT2D eigenvalue weighted by Crippen LogP contribution is -2.28. The van der Waals surface area contributed by atoms with Crippen LogP contribution in [0, 0.1) is 0 Å². The second-order valence-corrected chi connectivity index (χ2v) is 21.3. The van der Waals surface area contributed by atoms with E-state index in [-0.39, 0.29) is 10.8 Å². The molecule has 5 aliphatic rings. The molecule has 0 bridgehead atoms. The van der Waals surface area contributed by atoms with E-state index in [2.05, 4.69) is 243 Å². The Kier molecular flexibility index (Phi) is 8.63. The van der Waals surface area contributed by atoms with Crippen molar-refractivity contribution >= 4 is 17.1 Å². The highest BCUT2D eigenvalue weighted by Crippen LogP contribution is 2.65. The van der Waals surface area contributed by atoms with Gasteiger partial charge < -0.3 is 4.90 Å². The fourth-order valence-corrected chi connectivity index (χ4v) is 14.8. The maximum absolute atomic E-state index is 2.60. The number of nitrogens with zero attached hydrogens (tertiary/aromatic N) is 1. The highest BCUT2D eigenvalue weighted by atomic mass is 15.1. The van der Waals surface area contributed by atoms with Crippen molar-refractivity contribution in [2.75, 3.05) is 4.90 Å². The van der Waals surface area contributed by atoms with E-state index in [1.54, 1.807) is 0 Å². The van der Waals surface area contributed by atoms with Gasteiger partial charge in [-0.1, -0.05) is 227 Å². The second-order valence-electron chi connectivity index (χ2n) is 21.3. The molecule has 0 aromatic heterocycles. The average molecular weight is 908 g/mol. The van der Waals surface area contributed by atoms with Crippen LogP contribution in [0.3, 0.4) is 0 Å². The summed E-state index contributed by atoms with van der Waals surface area (Å²) in [4.78, 5) is 2.60. The summed E-state index contributed by atoms with van der Waals surface area (Å²) >= 11 is 0. The summed E-state index contributed by atoms with van der Waals surface area (Å²) in [6.45, 7) is 4.79. The van der Waals surface area contributed by atoms with Crippen molar-refractivity contribution in [3.05, 3.63) is 269 Å². The van der Waals surface area contributed by atoms with Crippen LogP contribution in [0.5, 0.6) is 0 Å². The molecule has 338 valence electrons. The van der Waals surface area contributed by atoms with E-state index >= 15 is 0 Å². The van der Waals surface area contributed by atoms with Gasteiger partial charge >= 0.3 is 0 Å². The monoisotopic (exact) mass is 907 g/mol. The Morgan fingerprint density at radius 2 is 0.775 bits per heavy atom. The van der Waals surface area contributed by atoms with E-state index in [1.165, 1.54) is 155 Å². The average Bonchev–Trinajstić information content (AvgIpc) is 4.09. The van der Waals surface area contributed by atoms with Gasteiger partial charge in [0.15, 0.2) is 0 Å². The molecule has 15 rings (SSSR count). The molecule has 0 N–H and O–H groups in total. The summed E-state index contributed by atoms with van der Waals surface area (Å²) in [5.41, 5.74) is 30.1. The lowest BCUT2D eigenvalue weighted by Gasteiger charge is -2.37. The van der Waals surface area contributed by atoms with Gasteiger partial charge in [0.05, 0.1) is 11.1 Å². The second kappa shape index (κ2) is 15.0. The Labute approximate surface area is 417 Å². The third-order valence-electron chi connectivity index (χ3n) is 17.7. The van der Waals surface area contributed by atoms with Crippen LogP contribution in [0.2, 0.25) is 0 Å². The molecule has 5 aliphatic carbocycles. The van der Waals surface area contributed by atoms with Gasteiger partial charge in [0.1, 0.15) is 0 Å². The van der Waals surface area contributed by atoms with Gasteiger partial charge in [-0.2, -0.15) is 0 Å². The summed E-state index contributed by atoms with van der Waals surface area (Å²) in [5.74, 6) is 0. The molecular formula is C70H53N. The molecule has 0 unspecified atom stereocenters. The van der Waals surface area contributed by atoms with Crippen LogP contribution >= 0.6 is 0 Å². The van der Waals surface area contributed by atoms with Crippen LogP contribution in [-0.2, 0) is 16.2 Å². The van der Waals surface area contributed by atoms with Crippen molar-refractivity contribution in [2.24, 2.45) is 0 Å². The van der Waals surface area contributed by atoms with Gasteiger partial charge in [0.25, 0.3) is 0 Å². The van der Waals surface area contributed by atoms with Gasteiger partial charge in [-0.05, 0) is 149 Å². The lowest BCUT2D eigenvalue weighted by atomic mass is 9.68.